The Morgan fingerprint density at radius 2 is 1.64 bits per heavy atom. The van der Waals surface area contributed by atoms with Crippen molar-refractivity contribution in [2.45, 2.75) is 46.1 Å². The lowest BCUT2D eigenvalue weighted by atomic mass is 9.87. The van der Waals surface area contributed by atoms with Crippen molar-refractivity contribution in [2.24, 2.45) is 11.8 Å². The molecule has 2 atom stereocenters. The molecule has 0 saturated carbocycles. The minimum absolute atomic E-state index is 0.225. The van der Waals surface area contributed by atoms with Crippen LogP contribution in [0.1, 0.15) is 49.1 Å². The third-order valence-electron chi connectivity index (χ3n) is 7.90. The fourth-order valence-corrected chi connectivity index (χ4v) is 5.88. The zero-order chi connectivity index (χ0) is 26.5. The molecule has 7 rings (SSSR count). The summed E-state index contributed by atoms with van der Waals surface area (Å²) in [5, 5.41) is 6.98. The van der Waals surface area contributed by atoms with Gasteiger partial charge in [0, 0.05) is 39.9 Å². The summed E-state index contributed by atoms with van der Waals surface area (Å²) in [7, 11) is 0. The van der Waals surface area contributed by atoms with Crippen molar-refractivity contribution in [1.29, 1.82) is 0 Å². The van der Waals surface area contributed by atoms with E-state index in [1.54, 1.807) is 0 Å². The van der Waals surface area contributed by atoms with Gasteiger partial charge in [-0.2, -0.15) is 0 Å². The van der Waals surface area contributed by atoms with Crippen molar-refractivity contribution in [3.8, 4) is 45.1 Å². The summed E-state index contributed by atoms with van der Waals surface area (Å²) in [4.78, 5) is 16.3. The van der Waals surface area contributed by atoms with Gasteiger partial charge in [-0.05, 0) is 49.1 Å². The average Bonchev–Trinajstić information content (AvgIpc) is 3.72. The second kappa shape index (κ2) is 9.70. The summed E-state index contributed by atoms with van der Waals surface area (Å²) in [6.45, 7) is 12.0. The number of H-pyrrole nitrogens is 2. The number of aromatic amines is 2. The highest BCUT2D eigenvalue weighted by atomic mass is 16.5. The highest BCUT2D eigenvalue weighted by molar-refractivity contribution is 5.88. The van der Waals surface area contributed by atoms with Gasteiger partial charge in [0.2, 0.25) is 0 Å². The molecule has 8 heteroatoms. The Balaban J connectivity index is 1.17. The Bertz CT molecular complexity index is 1500. The van der Waals surface area contributed by atoms with Crippen LogP contribution in [0.2, 0.25) is 0 Å². The fraction of sp³-hybridized carbons (Fsp3) is 0.355. The number of rotatable bonds is 8. The number of benzene rings is 2. The van der Waals surface area contributed by atoms with E-state index >= 15 is 0 Å². The summed E-state index contributed by atoms with van der Waals surface area (Å²) >= 11 is 0. The van der Waals surface area contributed by atoms with Crippen LogP contribution >= 0.6 is 0 Å². The predicted octanol–water partition coefficient (Wildman–Crippen LogP) is 5.50. The van der Waals surface area contributed by atoms with E-state index in [1.165, 1.54) is 0 Å². The lowest BCUT2D eigenvalue weighted by Gasteiger charge is -2.30. The van der Waals surface area contributed by atoms with E-state index in [-0.39, 0.29) is 6.04 Å². The van der Waals surface area contributed by atoms with Gasteiger partial charge in [0.15, 0.2) is 0 Å². The van der Waals surface area contributed by atoms with Crippen LogP contribution in [0.3, 0.4) is 0 Å². The minimum Gasteiger partial charge on any atom is -0.488 e. The first-order chi connectivity index (χ1) is 19.1. The first-order valence-electron chi connectivity index (χ1n) is 13.8. The molecule has 0 amide bonds. The Morgan fingerprint density at radius 3 is 2.28 bits per heavy atom. The van der Waals surface area contributed by atoms with Crippen LogP contribution < -0.4 is 20.1 Å². The Hall–Kier alpha value is -3.88. The Kier molecular flexibility index (Phi) is 6.01. The lowest BCUT2D eigenvalue weighted by Crippen LogP contribution is -2.19. The van der Waals surface area contributed by atoms with Gasteiger partial charge in [0.1, 0.15) is 36.4 Å². The molecule has 5 heterocycles. The van der Waals surface area contributed by atoms with Crippen LogP contribution in [0.5, 0.6) is 11.5 Å². The topological polar surface area (TPSA) is 99.9 Å². The maximum atomic E-state index is 6.34. The molecule has 0 radical (unpaired) electrons. The van der Waals surface area contributed by atoms with Gasteiger partial charge >= 0.3 is 0 Å². The number of nitrogens with one attached hydrogen (secondary N) is 4. The van der Waals surface area contributed by atoms with Crippen molar-refractivity contribution < 1.29 is 9.47 Å². The van der Waals surface area contributed by atoms with Gasteiger partial charge in [-0.1, -0.05) is 19.9 Å². The van der Waals surface area contributed by atoms with Gasteiger partial charge in [0.25, 0.3) is 0 Å². The fourth-order valence-electron chi connectivity index (χ4n) is 5.88. The van der Waals surface area contributed by atoms with Crippen molar-refractivity contribution in [3.05, 3.63) is 72.1 Å². The molecular weight excluding hydrogens is 488 g/mol. The minimum atomic E-state index is 0.225. The van der Waals surface area contributed by atoms with Crippen molar-refractivity contribution in [1.82, 2.24) is 30.6 Å². The molecule has 3 aliphatic heterocycles. The summed E-state index contributed by atoms with van der Waals surface area (Å²) in [6.07, 6.45) is 6.85. The van der Waals surface area contributed by atoms with Crippen LogP contribution in [0.4, 0.5) is 0 Å². The number of nitrogens with zero attached hydrogens (tertiary/aromatic N) is 2. The summed E-state index contributed by atoms with van der Waals surface area (Å²) in [5.41, 5.74) is 8.63. The first kappa shape index (κ1) is 24.2. The predicted molar refractivity (Wildman–Crippen MR) is 151 cm³/mol. The van der Waals surface area contributed by atoms with Gasteiger partial charge in [0.05, 0.1) is 36.4 Å². The highest BCUT2D eigenvalue weighted by Crippen LogP contribution is 2.50. The van der Waals surface area contributed by atoms with Crippen LogP contribution in [0, 0.1) is 11.8 Å². The van der Waals surface area contributed by atoms with Crippen LogP contribution in [0.25, 0.3) is 33.6 Å². The second-order valence-corrected chi connectivity index (χ2v) is 11.2. The van der Waals surface area contributed by atoms with E-state index in [4.69, 9.17) is 9.47 Å². The van der Waals surface area contributed by atoms with Crippen LogP contribution in [0.15, 0.2) is 49.3 Å². The molecule has 4 aromatic rings. The number of aromatic nitrogens is 4. The molecule has 0 spiro atoms. The molecular formula is C31H34N6O2. The molecule has 39 heavy (non-hydrogen) atoms. The lowest BCUT2D eigenvalue weighted by molar-refractivity contribution is 0.278. The molecule has 8 nitrogen and oxygen atoms in total. The van der Waals surface area contributed by atoms with Crippen molar-refractivity contribution in [2.75, 3.05) is 13.1 Å². The first-order valence-corrected chi connectivity index (χ1v) is 13.8. The molecule has 1 saturated heterocycles. The van der Waals surface area contributed by atoms with Crippen molar-refractivity contribution in [3.63, 3.8) is 0 Å². The van der Waals surface area contributed by atoms with Gasteiger partial charge in [-0.3, -0.25) is 0 Å². The zero-order valence-corrected chi connectivity index (χ0v) is 22.4. The normalized spacial score (nSPS) is 19.1. The summed E-state index contributed by atoms with van der Waals surface area (Å²) in [5.74, 6) is 4.78. The van der Waals surface area contributed by atoms with Crippen LogP contribution in [-0.4, -0.2) is 33.0 Å². The average molecular weight is 523 g/mol. The van der Waals surface area contributed by atoms with E-state index in [1.807, 2.05) is 18.5 Å². The third-order valence-corrected chi connectivity index (χ3v) is 7.90. The second-order valence-electron chi connectivity index (χ2n) is 11.2. The molecule has 2 unspecified atom stereocenters. The Labute approximate surface area is 228 Å². The maximum absolute atomic E-state index is 6.34. The SMILES string of the molecule is C=CC1CNC(c2ncc(-c3cc4c5c(c3)OCc3cc(-c6cnc(CNCC(C)C)[nH]6)cc(c3-5)OC4)[nH]2)C1. The number of ether oxygens (including phenoxy) is 2. The molecule has 0 aliphatic carbocycles. The monoisotopic (exact) mass is 522 g/mol. The molecule has 0 bridgehead atoms. The van der Waals surface area contributed by atoms with Gasteiger partial charge in [-0.15, -0.1) is 6.58 Å². The molecule has 1 fully saturated rings. The van der Waals surface area contributed by atoms with Gasteiger partial charge in [-0.25, -0.2) is 9.97 Å². The number of hydrogen-bond donors (Lipinski definition) is 4. The van der Waals surface area contributed by atoms with E-state index in [9.17, 15) is 0 Å². The molecule has 2 aromatic carbocycles. The van der Waals surface area contributed by atoms with Crippen LogP contribution in [-0.2, 0) is 19.8 Å². The van der Waals surface area contributed by atoms with E-state index in [0.29, 0.717) is 25.0 Å². The highest BCUT2D eigenvalue weighted by Gasteiger charge is 2.31. The molecule has 2 aromatic heterocycles. The summed E-state index contributed by atoms with van der Waals surface area (Å²) in [6, 6.07) is 8.87. The third kappa shape index (κ3) is 4.43. The van der Waals surface area contributed by atoms with E-state index in [2.05, 4.69) is 75.3 Å². The molecule has 200 valence electrons. The van der Waals surface area contributed by atoms with E-state index < -0.39 is 0 Å². The zero-order valence-electron chi connectivity index (χ0n) is 22.4. The number of imidazole rings is 2. The quantitative estimate of drug-likeness (QED) is 0.228. The molecule has 4 N–H and O–H groups in total. The van der Waals surface area contributed by atoms with Gasteiger partial charge < -0.3 is 30.1 Å². The Morgan fingerprint density at radius 1 is 0.974 bits per heavy atom. The number of hydrogen-bond acceptors (Lipinski definition) is 6. The standard InChI is InChI=1S/C31H34N6O2/c1-4-18-5-23(33-11-18)31-35-13-25(37-31)20-7-22-16-38-26-8-19(6-21-15-39-27(9-20)30(22)29(21)26)24-12-34-28(36-24)14-32-10-17(2)3/h4,6-9,12-13,17-18,23,32-33H,1,5,10-11,14-16H2,2-3H3,(H,34,36)(H,35,37). The molecule has 3 aliphatic rings. The maximum Gasteiger partial charge on any atom is 0.128 e. The smallest absolute Gasteiger partial charge is 0.128 e. The van der Waals surface area contributed by atoms with Crippen molar-refractivity contribution >= 4 is 0 Å². The largest absolute Gasteiger partial charge is 0.488 e. The van der Waals surface area contributed by atoms with E-state index in [0.717, 1.165) is 94.0 Å². The summed E-state index contributed by atoms with van der Waals surface area (Å²) < 4.78 is 12.7.